The third kappa shape index (κ3) is 3.41. The largest absolute Gasteiger partial charge is 0.416 e. The summed E-state index contributed by atoms with van der Waals surface area (Å²) in [5.74, 6) is 0.841. The summed E-state index contributed by atoms with van der Waals surface area (Å²) in [6, 6.07) is 13.3. The molecule has 0 aliphatic carbocycles. The molecule has 2 aromatic carbocycles. The van der Waals surface area contributed by atoms with Gasteiger partial charge in [-0.3, -0.25) is 0 Å². The summed E-state index contributed by atoms with van der Waals surface area (Å²) in [5.41, 5.74) is 2.90. The molecule has 5 heteroatoms. The molecular weight excluding hydrogens is 331 g/mol. The number of halogens is 2. The molecule has 118 valence electrons. The molecule has 0 bridgehead atoms. The molecule has 0 atom stereocenters. The Morgan fingerprint density at radius 3 is 2.13 bits per heavy atom. The number of benzene rings is 2. The molecule has 3 nitrogen and oxygen atoms in total. The van der Waals surface area contributed by atoms with Crippen molar-refractivity contribution in [3.8, 4) is 22.9 Å². The van der Waals surface area contributed by atoms with Crippen LogP contribution in [-0.2, 0) is 5.41 Å². The van der Waals surface area contributed by atoms with Gasteiger partial charge in [-0.25, -0.2) is 0 Å². The molecule has 0 saturated carbocycles. The summed E-state index contributed by atoms with van der Waals surface area (Å²) in [4.78, 5) is 0. The molecular formula is C18H16Cl2N2O. The summed E-state index contributed by atoms with van der Waals surface area (Å²) >= 11 is 12.1. The zero-order valence-electron chi connectivity index (χ0n) is 13.1. The third-order valence-corrected chi connectivity index (χ3v) is 4.13. The van der Waals surface area contributed by atoms with Crippen LogP contribution in [-0.4, -0.2) is 10.2 Å². The Morgan fingerprint density at radius 1 is 0.870 bits per heavy atom. The Kier molecular flexibility index (Phi) is 4.17. The third-order valence-electron chi connectivity index (χ3n) is 3.58. The van der Waals surface area contributed by atoms with E-state index in [4.69, 9.17) is 27.6 Å². The van der Waals surface area contributed by atoms with Crippen LogP contribution in [0.25, 0.3) is 22.9 Å². The first-order valence-electron chi connectivity index (χ1n) is 7.24. The van der Waals surface area contributed by atoms with Crippen molar-refractivity contribution in [2.24, 2.45) is 0 Å². The second-order valence-electron chi connectivity index (χ2n) is 6.36. The molecule has 1 aromatic heterocycles. The van der Waals surface area contributed by atoms with Crippen LogP contribution in [0, 0.1) is 0 Å². The van der Waals surface area contributed by atoms with Gasteiger partial charge in [0.1, 0.15) is 0 Å². The van der Waals surface area contributed by atoms with E-state index in [9.17, 15) is 0 Å². The molecule has 3 rings (SSSR count). The molecule has 3 aromatic rings. The molecule has 0 spiro atoms. The second kappa shape index (κ2) is 5.99. The van der Waals surface area contributed by atoms with Crippen molar-refractivity contribution in [2.75, 3.05) is 0 Å². The minimum Gasteiger partial charge on any atom is -0.416 e. The Labute approximate surface area is 145 Å². The Morgan fingerprint density at radius 2 is 1.52 bits per heavy atom. The van der Waals surface area contributed by atoms with Crippen molar-refractivity contribution in [1.29, 1.82) is 0 Å². The van der Waals surface area contributed by atoms with E-state index < -0.39 is 0 Å². The van der Waals surface area contributed by atoms with Gasteiger partial charge in [-0.2, -0.15) is 0 Å². The normalized spacial score (nSPS) is 11.7. The molecule has 0 amide bonds. The van der Waals surface area contributed by atoms with Crippen LogP contribution in [0.15, 0.2) is 46.9 Å². The highest BCUT2D eigenvalue weighted by molar-refractivity contribution is 6.36. The Hall–Kier alpha value is -1.84. The van der Waals surface area contributed by atoms with Crippen LogP contribution in [0.3, 0.4) is 0 Å². The van der Waals surface area contributed by atoms with Gasteiger partial charge in [0, 0.05) is 10.6 Å². The fraction of sp³-hybridized carbons (Fsp3) is 0.222. The number of rotatable bonds is 2. The molecule has 0 fully saturated rings. The van der Waals surface area contributed by atoms with Gasteiger partial charge < -0.3 is 4.42 Å². The quantitative estimate of drug-likeness (QED) is 0.570. The fourth-order valence-electron chi connectivity index (χ4n) is 2.22. The molecule has 0 aliphatic rings. The lowest BCUT2D eigenvalue weighted by molar-refractivity contribution is 0.582. The highest BCUT2D eigenvalue weighted by Gasteiger charge is 2.16. The predicted octanol–water partition coefficient (Wildman–Crippen LogP) is 6.01. The van der Waals surface area contributed by atoms with E-state index in [1.807, 2.05) is 12.1 Å². The number of hydrogen-bond donors (Lipinski definition) is 0. The number of nitrogens with zero attached hydrogens (tertiary/aromatic N) is 2. The van der Waals surface area contributed by atoms with Crippen LogP contribution in [0.1, 0.15) is 26.3 Å². The monoisotopic (exact) mass is 346 g/mol. The standard InChI is InChI=1S/C18H16Cl2N2O/c1-18(2,3)12-6-4-11(5-7-12)16-21-22-17(23-16)14-9-8-13(19)10-15(14)20/h4-10H,1-3H3. The lowest BCUT2D eigenvalue weighted by Crippen LogP contribution is -2.10. The van der Waals surface area contributed by atoms with Gasteiger partial charge in [0.05, 0.1) is 10.6 Å². The summed E-state index contributed by atoms with van der Waals surface area (Å²) in [5, 5.41) is 9.24. The van der Waals surface area contributed by atoms with E-state index in [0.717, 1.165) is 5.56 Å². The smallest absolute Gasteiger partial charge is 0.249 e. The maximum absolute atomic E-state index is 6.18. The van der Waals surface area contributed by atoms with Crippen molar-refractivity contribution < 1.29 is 4.42 Å². The van der Waals surface area contributed by atoms with E-state index in [1.54, 1.807) is 18.2 Å². The average molecular weight is 347 g/mol. The van der Waals surface area contributed by atoms with Crippen molar-refractivity contribution in [2.45, 2.75) is 26.2 Å². The maximum atomic E-state index is 6.18. The summed E-state index contributed by atoms with van der Waals surface area (Å²) in [6.07, 6.45) is 0. The summed E-state index contributed by atoms with van der Waals surface area (Å²) in [7, 11) is 0. The first kappa shape index (κ1) is 16.0. The molecule has 0 saturated heterocycles. The minimum atomic E-state index is 0.107. The molecule has 0 unspecified atom stereocenters. The fourth-order valence-corrected chi connectivity index (χ4v) is 2.71. The van der Waals surface area contributed by atoms with E-state index in [-0.39, 0.29) is 5.41 Å². The maximum Gasteiger partial charge on any atom is 0.249 e. The van der Waals surface area contributed by atoms with Crippen LogP contribution in [0.4, 0.5) is 0 Å². The van der Waals surface area contributed by atoms with E-state index >= 15 is 0 Å². The van der Waals surface area contributed by atoms with Crippen molar-refractivity contribution in [1.82, 2.24) is 10.2 Å². The van der Waals surface area contributed by atoms with Crippen molar-refractivity contribution in [3.63, 3.8) is 0 Å². The van der Waals surface area contributed by atoms with Crippen LogP contribution < -0.4 is 0 Å². The lowest BCUT2D eigenvalue weighted by atomic mass is 9.87. The zero-order valence-corrected chi connectivity index (χ0v) is 14.6. The predicted molar refractivity (Wildman–Crippen MR) is 93.9 cm³/mol. The van der Waals surface area contributed by atoms with E-state index in [2.05, 4.69) is 43.1 Å². The van der Waals surface area contributed by atoms with Gasteiger partial charge in [0.25, 0.3) is 0 Å². The highest BCUT2D eigenvalue weighted by atomic mass is 35.5. The number of hydrogen-bond acceptors (Lipinski definition) is 3. The van der Waals surface area contributed by atoms with Gasteiger partial charge >= 0.3 is 0 Å². The molecule has 0 aliphatic heterocycles. The van der Waals surface area contributed by atoms with E-state index in [0.29, 0.717) is 27.4 Å². The molecule has 1 heterocycles. The zero-order chi connectivity index (χ0) is 16.6. The van der Waals surface area contributed by atoms with Gasteiger partial charge in [-0.1, -0.05) is 56.1 Å². The molecule has 0 N–H and O–H groups in total. The second-order valence-corrected chi connectivity index (χ2v) is 7.21. The first-order valence-corrected chi connectivity index (χ1v) is 8.00. The number of aromatic nitrogens is 2. The Bertz CT molecular complexity index is 833. The van der Waals surface area contributed by atoms with Crippen molar-refractivity contribution in [3.05, 3.63) is 58.1 Å². The van der Waals surface area contributed by atoms with Gasteiger partial charge in [-0.15, -0.1) is 10.2 Å². The lowest BCUT2D eigenvalue weighted by Gasteiger charge is -2.18. The van der Waals surface area contributed by atoms with Crippen molar-refractivity contribution >= 4 is 23.2 Å². The van der Waals surface area contributed by atoms with Gasteiger partial charge in [0.15, 0.2) is 0 Å². The van der Waals surface area contributed by atoms with Gasteiger partial charge in [-0.05, 0) is 41.3 Å². The minimum absolute atomic E-state index is 0.107. The van der Waals surface area contributed by atoms with Gasteiger partial charge in [0.2, 0.25) is 11.8 Å². The van der Waals surface area contributed by atoms with Crippen LogP contribution >= 0.6 is 23.2 Å². The highest BCUT2D eigenvalue weighted by Crippen LogP contribution is 2.32. The molecule has 23 heavy (non-hydrogen) atoms. The first-order chi connectivity index (χ1) is 10.8. The SMILES string of the molecule is CC(C)(C)c1ccc(-c2nnc(-c3ccc(Cl)cc3Cl)o2)cc1. The molecule has 0 radical (unpaired) electrons. The average Bonchev–Trinajstić information content (AvgIpc) is 2.96. The Balaban J connectivity index is 1.93. The van der Waals surface area contributed by atoms with Crippen LogP contribution in [0.5, 0.6) is 0 Å². The summed E-state index contributed by atoms with van der Waals surface area (Å²) < 4.78 is 5.75. The van der Waals surface area contributed by atoms with Crippen LogP contribution in [0.2, 0.25) is 10.0 Å². The van der Waals surface area contributed by atoms with E-state index in [1.165, 1.54) is 5.56 Å². The summed E-state index contributed by atoms with van der Waals surface area (Å²) in [6.45, 7) is 6.53. The topological polar surface area (TPSA) is 38.9 Å².